The Balaban J connectivity index is 3.38. The van der Waals surface area contributed by atoms with Gasteiger partial charge in [-0.25, -0.2) is 8.78 Å². The lowest BCUT2D eigenvalue weighted by Gasteiger charge is -2.07. The van der Waals surface area contributed by atoms with Crippen LogP contribution in [0.1, 0.15) is 17.7 Å². The van der Waals surface area contributed by atoms with Gasteiger partial charge in [0, 0.05) is 18.3 Å². The number of alkyl halides is 2. The lowest BCUT2D eigenvalue weighted by Crippen LogP contribution is -2.14. The lowest BCUT2D eigenvalue weighted by molar-refractivity contribution is 0.149. The molecule has 3 N–H and O–H groups in total. The third-order valence-electron chi connectivity index (χ3n) is 1.54. The molecule has 0 bridgehead atoms. The molecule has 0 aromatic carbocycles. The molecule has 0 radical (unpaired) electrons. The van der Waals surface area contributed by atoms with Crippen LogP contribution in [0.15, 0.2) is 10.9 Å². The van der Waals surface area contributed by atoms with Gasteiger partial charge >= 0.3 is 0 Å². The first-order valence-corrected chi connectivity index (χ1v) is 3.84. The summed E-state index contributed by atoms with van der Waals surface area (Å²) in [6.07, 6.45) is -2.73. The molecule has 0 aliphatic rings. The number of hydrogen-bond acceptors (Lipinski definition) is 2. The van der Waals surface area contributed by atoms with Crippen LogP contribution in [0.3, 0.4) is 0 Å². The third kappa shape index (κ3) is 2.05. The van der Waals surface area contributed by atoms with Gasteiger partial charge < -0.3 is 10.7 Å². The first-order valence-electron chi connectivity index (χ1n) is 3.46. The Hall–Kier alpha value is -0.940. The van der Waals surface area contributed by atoms with E-state index in [0.717, 1.165) is 6.07 Å². The maximum Gasteiger partial charge on any atom is 0.267 e. The van der Waals surface area contributed by atoms with E-state index >= 15 is 0 Å². The number of H-pyrrole nitrogens is 1. The van der Waals surface area contributed by atoms with Crippen LogP contribution in [0.2, 0.25) is 5.02 Å². The first-order chi connectivity index (χ1) is 6.06. The normalized spacial score (nSPS) is 10.8. The van der Waals surface area contributed by atoms with Gasteiger partial charge in [-0.2, -0.15) is 0 Å². The van der Waals surface area contributed by atoms with Crippen LogP contribution in [-0.4, -0.2) is 4.98 Å². The van der Waals surface area contributed by atoms with Crippen molar-refractivity contribution in [3.8, 4) is 0 Å². The Kier molecular flexibility index (Phi) is 3.00. The molecule has 0 amide bonds. The van der Waals surface area contributed by atoms with E-state index in [1.54, 1.807) is 0 Å². The minimum Gasteiger partial charge on any atom is -0.325 e. The van der Waals surface area contributed by atoms with Crippen LogP contribution >= 0.6 is 11.6 Å². The number of rotatable bonds is 2. The molecule has 1 aromatic rings. The van der Waals surface area contributed by atoms with E-state index in [9.17, 15) is 13.6 Å². The minimum atomic E-state index is -2.73. The van der Waals surface area contributed by atoms with E-state index in [1.807, 2.05) is 0 Å². The molecule has 0 fully saturated rings. The second kappa shape index (κ2) is 3.85. The SMILES string of the molecule is NCc1[nH]c(=O)cc(Cl)c1C(F)F. The van der Waals surface area contributed by atoms with Gasteiger partial charge in [0.25, 0.3) is 6.43 Å². The van der Waals surface area contributed by atoms with Crippen LogP contribution in [0.25, 0.3) is 0 Å². The summed E-state index contributed by atoms with van der Waals surface area (Å²) < 4.78 is 24.7. The van der Waals surface area contributed by atoms with E-state index in [0.29, 0.717) is 0 Å². The fraction of sp³-hybridized carbons (Fsp3) is 0.286. The van der Waals surface area contributed by atoms with E-state index in [4.69, 9.17) is 17.3 Å². The Labute approximate surface area is 77.5 Å². The number of aromatic nitrogens is 1. The van der Waals surface area contributed by atoms with Crippen molar-refractivity contribution in [2.45, 2.75) is 13.0 Å². The number of aromatic amines is 1. The summed E-state index contributed by atoms with van der Waals surface area (Å²) in [5, 5.41) is -0.251. The van der Waals surface area contributed by atoms with Crippen molar-refractivity contribution in [2.75, 3.05) is 0 Å². The van der Waals surface area contributed by atoms with Gasteiger partial charge in [-0.3, -0.25) is 4.79 Å². The topological polar surface area (TPSA) is 58.9 Å². The third-order valence-corrected chi connectivity index (χ3v) is 1.85. The quantitative estimate of drug-likeness (QED) is 0.772. The molecule has 0 aliphatic carbocycles. The zero-order chi connectivity index (χ0) is 10.0. The standard InChI is InChI=1S/C7H7ClF2N2O/c8-3-1-5(13)12-4(2-11)6(3)7(9)10/h1,7H,2,11H2,(H,12,13). The van der Waals surface area contributed by atoms with E-state index < -0.39 is 17.5 Å². The second-order valence-electron chi connectivity index (χ2n) is 2.38. The fourth-order valence-corrected chi connectivity index (χ4v) is 1.28. The van der Waals surface area contributed by atoms with E-state index in [1.165, 1.54) is 0 Å². The van der Waals surface area contributed by atoms with Crippen molar-refractivity contribution in [3.63, 3.8) is 0 Å². The lowest BCUT2D eigenvalue weighted by atomic mass is 10.2. The average Bonchev–Trinajstić information content (AvgIpc) is 2.01. The Morgan fingerprint density at radius 3 is 2.69 bits per heavy atom. The average molecular weight is 209 g/mol. The fourth-order valence-electron chi connectivity index (χ4n) is 0.986. The molecule has 0 atom stereocenters. The Morgan fingerprint density at radius 2 is 2.23 bits per heavy atom. The van der Waals surface area contributed by atoms with Crippen LogP contribution in [-0.2, 0) is 6.54 Å². The summed E-state index contributed by atoms with van der Waals surface area (Å²) in [5.74, 6) is 0. The summed E-state index contributed by atoms with van der Waals surface area (Å²) in [6.45, 7) is -0.171. The highest BCUT2D eigenvalue weighted by Crippen LogP contribution is 2.27. The molecule has 1 heterocycles. The van der Waals surface area contributed by atoms with Crippen molar-refractivity contribution >= 4 is 11.6 Å². The van der Waals surface area contributed by atoms with Crippen molar-refractivity contribution in [1.82, 2.24) is 4.98 Å². The van der Waals surface area contributed by atoms with Crippen molar-refractivity contribution in [1.29, 1.82) is 0 Å². The first kappa shape index (κ1) is 10.1. The highest BCUT2D eigenvalue weighted by Gasteiger charge is 2.17. The molecule has 0 saturated carbocycles. The minimum absolute atomic E-state index is 0.0208. The molecule has 6 heteroatoms. The number of halogens is 3. The van der Waals surface area contributed by atoms with Crippen LogP contribution in [0.4, 0.5) is 8.78 Å². The van der Waals surface area contributed by atoms with Crippen molar-refractivity contribution < 1.29 is 8.78 Å². The van der Waals surface area contributed by atoms with Gasteiger partial charge in [-0.1, -0.05) is 11.6 Å². The van der Waals surface area contributed by atoms with Gasteiger partial charge in [0.1, 0.15) is 0 Å². The number of nitrogens with one attached hydrogen (secondary N) is 1. The van der Waals surface area contributed by atoms with E-state index in [-0.39, 0.29) is 17.3 Å². The summed E-state index contributed by atoms with van der Waals surface area (Å²) in [6, 6.07) is 0.905. The number of nitrogens with two attached hydrogens (primary N) is 1. The molecule has 13 heavy (non-hydrogen) atoms. The summed E-state index contributed by atoms with van der Waals surface area (Å²) in [5.41, 5.74) is 4.21. The molecule has 1 rings (SSSR count). The Morgan fingerprint density at radius 1 is 1.62 bits per heavy atom. The van der Waals surface area contributed by atoms with Crippen molar-refractivity contribution in [3.05, 3.63) is 32.7 Å². The molecular weight excluding hydrogens is 202 g/mol. The molecule has 0 spiro atoms. The highest BCUT2D eigenvalue weighted by molar-refractivity contribution is 6.31. The predicted octanol–water partition coefficient (Wildman–Crippen LogP) is 1.42. The molecule has 3 nitrogen and oxygen atoms in total. The zero-order valence-electron chi connectivity index (χ0n) is 6.48. The Bertz CT molecular complexity index is 364. The molecule has 0 unspecified atom stereocenters. The number of hydrogen-bond donors (Lipinski definition) is 2. The predicted molar refractivity (Wildman–Crippen MR) is 44.9 cm³/mol. The smallest absolute Gasteiger partial charge is 0.267 e. The summed E-state index contributed by atoms with van der Waals surface area (Å²) in [7, 11) is 0. The van der Waals surface area contributed by atoms with Crippen LogP contribution in [0.5, 0.6) is 0 Å². The van der Waals surface area contributed by atoms with Gasteiger partial charge in [0.2, 0.25) is 5.56 Å². The van der Waals surface area contributed by atoms with Gasteiger partial charge in [-0.15, -0.1) is 0 Å². The van der Waals surface area contributed by atoms with Gasteiger partial charge in [0.15, 0.2) is 0 Å². The largest absolute Gasteiger partial charge is 0.325 e. The van der Waals surface area contributed by atoms with Gasteiger partial charge in [0.05, 0.1) is 10.6 Å². The summed E-state index contributed by atoms with van der Waals surface area (Å²) >= 11 is 5.45. The molecule has 1 aromatic heterocycles. The maximum atomic E-state index is 12.3. The highest BCUT2D eigenvalue weighted by atomic mass is 35.5. The zero-order valence-corrected chi connectivity index (χ0v) is 7.24. The molecule has 0 aliphatic heterocycles. The van der Waals surface area contributed by atoms with E-state index in [2.05, 4.69) is 4.98 Å². The number of pyridine rings is 1. The van der Waals surface area contributed by atoms with Crippen LogP contribution < -0.4 is 11.3 Å². The van der Waals surface area contributed by atoms with Gasteiger partial charge in [-0.05, 0) is 0 Å². The molecule has 0 saturated heterocycles. The van der Waals surface area contributed by atoms with Crippen LogP contribution in [0, 0.1) is 0 Å². The molecule has 72 valence electrons. The van der Waals surface area contributed by atoms with Crippen molar-refractivity contribution in [2.24, 2.45) is 5.73 Å². The second-order valence-corrected chi connectivity index (χ2v) is 2.79. The molecular formula is C7H7ClF2N2O. The maximum absolute atomic E-state index is 12.3. The summed E-state index contributed by atoms with van der Waals surface area (Å²) in [4.78, 5) is 13.0. The monoisotopic (exact) mass is 208 g/mol.